The van der Waals surface area contributed by atoms with Crippen LogP contribution < -0.4 is 5.32 Å². The molecule has 1 unspecified atom stereocenters. The van der Waals surface area contributed by atoms with Gasteiger partial charge in [0.15, 0.2) is 12.2 Å². The van der Waals surface area contributed by atoms with Crippen molar-refractivity contribution in [1.29, 1.82) is 0 Å². The molecule has 1 saturated heterocycles. The van der Waals surface area contributed by atoms with Gasteiger partial charge in [0, 0.05) is 22.7 Å². The number of aromatic nitrogens is 1. The molecule has 2 amide bonds. The molecule has 1 aliphatic rings. The van der Waals surface area contributed by atoms with Gasteiger partial charge in [-0.05, 0) is 49.6 Å². The number of oxazole rings is 1. The van der Waals surface area contributed by atoms with Crippen LogP contribution in [-0.4, -0.2) is 34.3 Å². The molecule has 2 aromatic carbocycles. The summed E-state index contributed by atoms with van der Waals surface area (Å²) in [6.07, 6.45) is 5.30. The predicted molar refractivity (Wildman–Crippen MR) is 116 cm³/mol. The number of halogens is 2. The van der Waals surface area contributed by atoms with E-state index in [1.165, 1.54) is 6.39 Å². The number of hydrogen-bond acceptors (Lipinski definition) is 4. The van der Waals surface area contributed by atoms with Crippen molar-refractivity contribution < 1.29 is 14.0 Å². The van der Waals surface area contributed by atoms with E-state index in [-0.39, 0.29) is 11.8 Å². The first-order valence-electron chi connectivity index (χ1n) is 9.59. The van der Waals surface area contributed by atoms with Crippen LogP contribution in [0.25, 0.3) is 11.3 Å². The highest BCUT2D eigenvalue weighted by atomic mass is 35.5. The minimum Gasteiger partial charge on any atom is -0.444 e. The maximum absolute atomic E-state index is 13.1. The van der Waals surface area contributed by atoms with E-state index in [2.05, 4.69) is 10.3 Å². The van der Waals surface area contributed by atoms with Crippen molar-refractivity contribution in [3.63, 3.8) is 0 Å². The Labute approximate surface area is 183 Å². The Hall–Kier alpha value is -2.83. The first-order valence-corrected chi connectivity index (χ1v) is 10.3. The van der Waals surface area contributed by atoms with Gasteiger partial charge in [0.2, 0.25) is 5.91 Å². The van der Waals surface area contributed by atoms with Crippen molar-refractivity contribution >= 4 is 40.7 Å². The van der Waals surface area contributed by atoms with E-state index in [1.807, 2.05) is 0 Å². The van der Waals surface area contributed by atoms with Gasteiger partial charge in [-0.25, -0.2) is 4.98 Å². The van der Waals surface area contributed by atoms with Crippen molar-refractivity contribution in [1.82, 2.24) is 9.88 Å². The number of nitrogens with one attached hydrogen (secondary N) is 1. The minimum absolute atomic E-state index is 0.179. The van der Waals surface area contributed by atoms with Crippen LogP contribution >= 0.6 is 23.2 Å². The van der Waals surface area contributed by atoms with Gasteiger partial charge in [-0.3, -0.25) is 9.59 Å². The second kappa shape index (κ2) is 8.90. The summed E-state index contributed by atoms with van der Waals surface area (Å²) in [5.74, 6) is 0.191. The van der Waals surface area contributed by atoms with Crippen molar-refractivity contribution in [3.8, 4) is 11.3 Å². The Morgan fingerprint density at radius 1 is 1.10 bits per heavy atom. The fourth-order valence-electron chi connectivity index (χ4n) is 3.56. The number of piperidine rings is 1. The topological polar surface area (TPSA) is 75.4 Å². The molecule has 0 radical (unpaired) electrons. The summed E-state index contributed by atoms with van der Waals surface area (Å²) in [5, 5.41) is 3.67. The lowest BCUT2D eigenvalue weighted by atomic mass is 9.99. The van der Waals surface area contributed by atoms with Gasteiger partial charge in [0.05, 0.1) is 16.9 Å². The SMILES string of the molecule is O=C(Nc1ccc(Cl)cc1Cl)C1CCCCN1C(=O)c1ccc(-c2cnco2)cc1. The molecule has 0 saturated carbocycles. The van der Waals surface area contributed by atoms with Gasteiger partial charge in [0.1, 0.15) is 6.04 Å². The van der Waals surface area contributed by atoms with Crippen LogP contribution in [0.5, 0.6) is 0 Å². The lowest BCUT2D eigenvalue weighted by Gasteiger charge is -2.34. The highest BCUT2D eigenvalue weighted by Gasteiger charge is 2.33. The van der Waals surface area contributed by atoms with Crippen LogP contribution in [-0.2, 0) is 4.79 Å². The molecule has 0 spiro atoms. The number of nitrogens with zero attached hydrogens (tertiary/aromatic N) is 2. The molecule has 8 heteroatoms. The molecule has 1 atom stereocenters. The van der Waals surface area contributed by atoms with Gasteiger partial charge >= 0.3 is 0 Å². The number of hydrogen-bond donors (Lipinski definition) is 1. The monoisotopic (exact) mass is 443 g/mol. The summed E-state index contributed by atoms with van der Waals surface area (Å²) >= 11 is 12.1. The van der Waals surface area contributed by atoms with E-state index >= 15 is 0 Å². The maximum atomic E-state index is 13.1. The van der Waals surface area contributed by atoms with Crippen molar-refractivity contribution in [2.24, 2.45) is 0 Å². The molecular formula is C22H19Cl2N3O3. The van der Waals surface area contributed by atoms with E-state index in [9.17, 15) is 9.59 Å². The van der Waals surface area contributed by atoms with E-state index in [0.29, 0.717) is 40.0 Å². The summed E-state index contributed by atoms with van der Waals surface area (Å²) in [5.41, 5.74) is 1.82. The van der Waals surface area contributed by atoms with Crippen LogP contribution in [0.15, 0.2) is 59.5 Å². The van der Waals surface area contributed by atoms with Gasteiger partial charge in [-0.2, -0.15) is 0 Å². The molecule has 2 heterocycles. The smallest absolute Gasteiger partial charge is 0.254 e. The average Bonchev–Trinajstić information content (AvgIpc) is 3.30. The molecule has 4 rings (SSSR count). The Bertz CT molecular complexity index is 1050. The van der Waals surface area contributed by atoms with E-state index in [4.69, 9.17) is 27.6 Å². The van der Waals surface area contributed by atoms with E-state index in [0.717, 1.165) is 18.4 Å². The van der Waals surface area contributed by atoms with Crippen LogP contribution in [0.1, 0.15) is 29.6 Å². The van der Waals surface area contributed by atoms with Crippen LogP contribution in [0.4, 0.5) is 5.69 Å². The fraction of sp³-hybridized carbons (Fsp3) is 0.227. The molecule has 1 fully saturated rings. The largest absolute Gasteiger partial charge is 0.444 e. The van der Waals surface area contributed by atoms with Crippen molar-refractivity contribution in [3.05, 3.63) is 70.7 Å². The summed E-state index contributed by atoms with van der Waals surface area (Å²) in [6, 6.07) is 11.4. The van der Waals surface area contributed by atoms with E-state index < -0.39 is 6.04 Å². The number of likely N-dealkylation sites (tertiary alicyclic amines) is 1. The van der Waals surface area contributed by atoms with Gasteiger partial charge in [0.25, 0.3) is 5.91 Å². The molecule has 6 nitrogen and oxygen atoms in total. The number of carbonyl (C=O) groups is 2. The third-order valence-electron chi connectivity index (χ3n) is 5.10. The first kappa shape index (κ1) is 20.4. The Morgan fingerprint density at radius 3 is 2.60 bits per heavy atom. The average molecular weight is 444 g/mol. The van der Waals surface area contributed by atoms with Gasteiger partial charge < -0.3 is 14.6 Å². The normalized spacial score (nSPS) is 16.3. The zero-order valence-electron chi connectivity index (χ0n) is 16.0. The highest BCUT2D eigenvalue weighted by Crippen LogP contribution is 2.27. The number of benzene rings is 2. The summed E-state index contributed by atoms with van der Waals surface area (Å²) < 4.78 is 5.28. The summed E-state index contributed by atoms with van der Waals surface area (Å²) in [7, 11) is 0. The number of amides is 2. The third-order valence-corrected chi connectivity index (χ3v) is 5.65. The number of carbonyl (C=O) groups excluding carboxylic acids is 2. The Morgan fingerprint density at radius 2 is 1.90 bits per heavy atom. The Kier molecular flexibility index (Phi) is 6.06. The summed E-state index contributed by atoms with van der Waals surface area (Å²) in [6.45, 7) is 0.523. The van der Waals surface area contributed by atoms with Crippen LogP contribution in [0.2, 0.25) is 10.0 Å². The van der Waals surface area contributed by atoms with Gasteiger partial charge in [-0.15, -0.1) is 0 Å². The number of rotatable bonds is 4. The zero-order valence-corrected chi connectivity index (χ0v) is 17.5. The van der Waals surface area contributed by atoms with Gasteiger partial charge in [-0.1, -0.05) is 35.3 Å². The molecule has 0 bridgehead atoms. The number of anilines is 1. The fourth-order valence-corrected chi connectivity index (χ4v) is 4.01. The summed E-state index contributed by atoms with van der Waals surface area (Å²) in [4.78, 5) is 31.6. The minimum atomic E-state index is -0.563. The maximum Gasteiger partial charge on any atom is 0.254 e. The molecule has 1 aliphatic heterocycles. The quantitative estimate of drug-likeness (QED) is 0.594. The van der Waals surface area contributed by atoms with Crippen molar-refractivity contribution in [2.45, 2.75) is 25.3 Å². The molecule has 1 N–H and O–H groups in total. The lowest BCUT2D eigenvalue weighted by molar-refractivity contribution is -0.121. The molecule has 1 aromatic heterocycles. The highest BCUT2D eigenvalue weighted by molar-refractivity contribution is 6.36. The first-order chi connectivity index (χ1) is 14.5. The van der Waals surface area contributed by atoms with E-state index in [1.54, 1.807) is 53.6 Å². The molecule has 3 aromatic rings. The molecule has 30 heavy (non-hydrogen) atoms. The molecule has 154 valence electrons. The second-order valence-electron chi connectivity index (χ2n) is 7.07. The standard InChI is InChI=1S/C22H19Cl2N3O3/c23-16-8-9-18(17(24)11-16)26-21(28)19-3-1-2-10-27(19)22(29)15-6-4-14(5-7-15)20-12-25-13-30-20/h4-9,11-13,19H,1-3,10H2,(H,26,28). The lowest BCUT2D eigenvalue weighted by Crippen LogP contribution is -2.50. The third kappa shape index (κ3) is 4.35. The second-order valence-corrected chi connectivity index (χ2v) is 7.91. The van der Waals surface area contributed by atoms with Crippen LogP contribution in [0.3, 0.4) is 0 Å². The molecular weight excluding hydrogens is 425 g/mol. The molecule has 0 aliphatic carbocycles. The van der Waals surface area contributed by atoms with Crippen molar-refractivity contribution in [2.75, 3.05) is 11.9 Å². The van der Waals surface area contributed by atoms with Crippen LogP contribution in [0, 0.1) is 0 Å². The predicted octanol–water partition coefficient (Wildman–Crippen LogP) is 5.28. The Balaban J connectivity index is 1.51. The zero-order chi connectivity index (χ0) is 21.1.